The number of carbonyl (C=O) groups is 1. The topological polar surface area (TPSA) is 44.9 Å². The fourth-order valence-corrected chi connectivity index (χ4v) is 1.16. The molecule has 0 aliphatic carbocycles. The van der Waals surface area contributed by atoms with Gasteiger partial charge >= 0.3 is 0 Å². The van der Waals surface area contributed by atoms with Crippen molar-refractivity contribution in [3.8, 4) is 0 Å². The standard InChI is InChI=1S/C9H14N2OS/c1-6-5-8(11-7(6)2)9(12)10-3-4-13/h5,11,13H,3-4H2,1-2H3,(H,10,12). The maximum absolute atomic E-state index is 11.4. The number of aryl methyl sites for hydroxylation is 2. The Morgan fingerprint density at radius 2 is 2.31 bits per heavy atom. The van der Waals surface area contributed by atoms with Gasteiger partial charge in [0.15, 0.2) is 0 Å². The lowest BCUT2D eigenvalue weighted by molar-refractivity contribution is 0.0951. The average molecular weight is 198 g/mol. The van der Waals surface area contributed by atoms with Crippen LogP contribution in [0, 0.1) is 13.8 Å². The highest BCUT2D eigenvalue weighted by Gasteiger charge is 2.07. The van der Waals surface area contributed by atoms with Gasteiger partial charge in [-0.05, 0) is 25.5 Å². The van der Waals surface area contributed by atoms with E-state index in [9.17, 15) is 4.79 Å². The highest BCUT2D eigenvalue weighted by Crippen LogP contribution is 2.07. The molecule has 1 heterocycles. The molecule has 3 nitrogen and oxygen atoms in total. The fourth-order valence-electron chi connectivity index (χ4n) is 1.05. The van der Waals surface area contributed by atoms with Gasteiger partial charge in [-0.25, -0.2) is 0 Å². The summed E-state index contributed by atoms with van der Waals surface area (Å²) in [7, 11) is 0. The van der Waals surface area contributed by atoms with Crippen LogP contribution in [0.25, 0.3) is 0 Å². The van der Waals surface area contributed by atoms with Gasteiger partial charge in [0.1, 0.15) is 5.69 Å². The summed E-state index contributed by atoms with van der Waals surface area (Å²) in [5.74, 6) is 0.593. The molecule has 0 unspecified atom stereocenters. The van der Waals surface area contributed by atoms with E-state index in [1.807, 2.05) is 19.9 Å². The predicted octanol–water partition coefficient (Wildman–Crippen LogP) is 1.29. The second kappa shape index (κ2) is 4.37. The molecule has 4 heteroatoms. The molecule has 0 spiro atoms. The maximum atomic E-state index is 11.4. The van der Waals surface area contributed by atoms with Crippen LogP contribution < -0.4 is 5.32 Å². The Morgan fingerprint density at radius 3 is 2.77 bits per heavy atom. The normalized spacial score (nSPS) is 10.1. The Morgan fingerprint density at radius 1 is 1.62 bits per heavy atom. The summed E-state index contributed by atoms with van der Waals surface area (Å²) < 4.78 is 0. The summed E-state index contributed by atoms with van der Waals surface area (Å²) in [6.45, 7) is 4.52. The molecule has 1 amide bonds. The number of aromatic nitrogens is 1. The van der Waals surface area contributed by atoms with Gasteiger partial charge in [-0.1, -0.05) is 0 Å². The Hall–Kier alpha value is -0.900. The van der Waals surface area contributed by atoms with Gasteiger partial charge in [0.2, 0.25) is 0 Å². The van der Waals surface area contributed by atoms with E-state index in [2.05, 4.69) is 22.9 Å². The van der Waals surface area contributed by atoms with Gasteiger partial charge in [-0.2, -0.15) is 12.6 Å². The van der Waals surface area contributed by atoms with E-state index in [1.54, 1.807) is 0 Å². The van der Waals surface area contributed by atoms with Crippen LogP contribution in [0.1, 0.15) is 21.7 Å². The van der Waals surface area contributed by atoms with Crippen molar-refractivity contribution in [2.75, 3.05) is 12.3 Å². The number of nitrogens with one attached hydrogen (secondary N) is 2. The SMILES string of the molecule is Cc1cc(C(=O)NCCS)[nH]c1C. The molecule has 0 atom stereocenters. The van der Waals surface area contributed by atoms with Gasteiger partial charge in [-0.3, -0.25) is 4.79 Å². The number of hydrogen-bond donors (Lipinski definition) is 3. The third kappa shape index (κ3) is 2.52. The zero-order valence-electron chi connectivity index (χ0n) is 7.85. The second-order valence-corrected chi connectivity index (χ2v) is 3.42. The summed E-state index contributed by atoms with van der Waals surface area (Å²) in [6.07, 6.45) is 0. The first-order chi connectivity index (χ1) is 6.15. The number of amides is 1. The van der Waals surface area contributed by atoms with E-state index in [0.29, 0.717) is 18.0 Å². The quantitative estimate of drug-likeness (QED) is 0.630. The van der Waals surface area contributed by atoms with Gasteiger partial charge in [0.25, 0.3) is 5.91 Å². The fraction of sp³-hybridized carbons (Fsp3) is 0.444. The van der Waals surface area contributed by atoms with Gasteiger partial charge < -0.3 is 10.3 Å². The molecule has 13 heavy (non-hydrogen) atoms. The first-order valence-electron chi connectivity index (χ1n) is 4.20. The molecule has 0 aromatic carbocycles. The van der Waals surface area contributed by atoms with Crippen molar-refractivity contribution in [3.05, 3.63) is 23.0 Å². The van der Waals surface area contributed by atoms with Gasteiger partial charge in [-0.15, -0.1) is 0 Å². The van der Waals surface area contributed by atoms with E-state index < -0.39 is 0 Å². The minimum atomic E-state index is -0.0646. The molecule has 1 aromatic heterocycles. The zero-order chi connectivity index (χ0) is 9.84. The molecular weight excluding hydrogens is 184 g/mol. The lowest BCUT2D eigenvalue weighted by atomic mass is 10.3. The first kappa shape index (κ1) is 10.2. The summed E-state index contributed by atoms with van der Waals surface area (Å²) in [5.41, 5.74) is 2.77. The van der Waals surface area contributed by atoms with Crippen molar-refractivity contribution in [3.63, 3.8) is 0 Å². The van der Waals surface area contributed by atoms with Crippen LogP contribution >= 0.6 is 12.6 Å². The summed E-state index contributed by atoms with van der Waals surface area (Å²) in [5, 5.41) is 2.74. The third-order valence-electron chi connectivity index (χ3n) is 1.92. The number of thiol groups is 1. The lowest BCUT2D eigenvalue weighted by Gasteiger charge is -1.99. The third-order valence-corrected chi connectivity index (χ3v) is 2.14. The van der Waals surface area contributed by atoms with Crippen LogP contribution in [0.15, 0.2) is 6.07 Å². The number of H-pyrrole nitrogens is 1. The zero-order valence-corrected chi connectivity index (χ0v) is 8.74. The van der Waals surface area contributed by atoms with E-state index >= 15 is 0 Å². The smallest absolute Gasteiger partial charge is 0.267 e. The second-order valence-electron chi connectivity index (χ2n) is 2.97. The molecule has 0 saturated heterocycles. The van der Waals surface area contributed by atoms with Crippen molar-refractivity contribution in [2.45, 2.75) is 13.8 Å². The Balaban J connectivity index is 2.66. The van der Waals surface area contributed by atoms with E-state index in [0.717, 1.165) is 11.3 Å². The van der Waals surface area contributed by atoms with Crippen molar-refractivity contribution < 1.29 is 4.79 Å². The van der Waals surface area contributed by atoms with E-state index in [1.165, 1.54) is 0 Å². The van der Waals surface area contributed by atoms with Crippen LogP contribution in [0.3, 0.4) is 0 Å². The van der Waals surface area contributed by atoms with Crippen LogP contribution in [-0.2, 0) is 0 Å². The minimum absolute atomic E-state index is 0.0646. The van der Waals surface area contributed by atoms with Gasteiger partial charge in [0.05, 0.1) is 0 Å². The molecule has 0 fully saturated rings. The largest absolute Gasteiger partial charge is 0.354 e. The van der Waals surface area contributed by atoms with Crippen molar-refractivity contribution in [1.29, 1.82) is 0 Å². The van der Waals surface area contributed by atoms with E-state index in [-0.39, 0.29) is 5.91 Å². The average Bonchev–Trinajstić information content (AvgIpc) is 2.43. The van der Waals surface area contributed by atoms with Crippen molar-refractivity contribution in [2.24, 2.45) is 0 Å². The van der Waals surface area contributed by atoms with E-state index in [4.69, 9.17) is 0 Å². The molecular formula is C9H14N2OS. The monoisotopic (exact) mass is 198 g/mol. The minimum Gasteiger partial charge on any atom is -0.354 e. The molecule has 1 rings (SSSR count). The molecule has 0 bridgehead atoms. The summed E-state index contributed by atoms with van der Waals surface area (Å²) in [4.78, 5) is 14.4. The van der Waals surface area contributed by atoms with Crippen LogP contribution in [0.5, 0.6) is 0 Å². The molecule has 0 saturated carbocycles. The predicted molar refractivity (Wildman–Crippen MR) is 56.5 cm³/mol. The van der Waals surface area contributed by atoms with Crippen LogP contribution in [0.4, 0.5) is 0 Å². The molecule has 72 valence electrons. The highest BCUT2D eigenvalue weighted by molar-refractivity contribution is 7.80. The molecule has 0 aliphatic rings. The Bertz CT molecular complexity index is 287. The Labute approximate surface area is 83.3 Å². The number of aromatic amines is 1. The first-order valence-corrected chi connectivity index (χ1v) is 4.83. The van der Waals surface area contributed by atoms with Crippen LogP contribution in [-0.4, -0.2) is 23.2 Å². The van der Waals surface area contributed by atoms with Crippen molar-refractivity contribution >= 4 is 18.5 Å². The number of carbonyl (C=O) groups excluding carboxylic acids is 1. The molecule has 1 aromatic rings. The maximum Gasteiger partial charge on any atom is 0.267 e. The summed E-state index contributed by atoms with van der Waals surface area (Å²) >= 11 is 4.01. The molecule has 0 aliphatic heterocycles. The van der Waals surface area contributed by atoms with Gasteiger partial charge in [0, 0.05) is 18.0 Å². The van der Waals surface area contributed by atoms with Crippen molar-refractivity contribution in [1.82, 2.24) is 10.3 Å². The molecule has 2 N–H and O–H groups in total. The number of hydrogen-bond acceptors (Lipinski definition) is 2. The molecule has 0 radical (unpaired) electrons. The highest BCUT2D eigenvalue weighted by atomic mass is 32.1. The van der Waals surface area contributed by atoms with Crippen LogP contribution in [0.2, 0.25) is 0 Å². The lowest BCUT2D eigenvalue weighted by Crippen LogP contribution is -2.25. The Kier molecular flexibility index (Phi) is 3.42. The summed E-state index contributed by atoms with van der Waals surface area (Å²) in [6, 6.07) is 1.85. The number of rotatable bonds is 3.